The number of nitrogens with one attached hydrogen (secondary N) is 1. The molecule has 2 aliphatic rings. The van der Waals surface area contributed by atoms with Gasteiger partial charge in [0.05, 0.1) is 7.11 Å². The van der Waals surface area contributed by atoms with Crippen LogP contribution in [0.15, 0.2) is 18.2 Å². The van der Waals surface area contributed by atoms with E-state index in [0.29, 0.717) is 12.1 Å². The Balaban J connectivity index is 1.96. The van der Waals surface area contributed by atoms with E-state index in [0.717, 1.165) is 24.6 Å². The van der Waals surface area contributed by atoms with Gasteiger partial charge in [0.15, 0.2) is 0 Å². The summed E-state index contributed by atoms with van der Waals surface area (Å²) in [5.74, 6) is 1.80. The zero-order valence-electron chi connectivity index (χ0n) is 18.9. The molecule has 3 rings (SSSR count). The van der Waals surface area contributed by atoms with Crippen molar-refractivity contribution in [3.63, 3.8) is 0 Å². The summed E-state index contributed by atoms with van der Waals surface area (Å²) in [4.78, 5) is 5.24. The van der Waals surface area contributed by atoms with Crippen LogP contribution in [0.25, 0.3) is 0 Å². The van der Waals surface area contributed by atoms with Gasteiger partial charge in [-0.2, -0.15) is 0 Å². The Kier molecular flexibility index (Phi) is 7.06. The van der Waals surface area contributed by atoms with Gasteiger partial charge in [-0.3, -0.25) is 0 Å². The van der Waals surface area contributed by atoms with E-state index in [-0.39, 0.29) is 5.41 Å². The molecule has 2 fully saturated rings. The van der Waals surface area contributed by atoms with Crippen molar-refractivity contribution in [3.05, 3.63) is 29.3 Å². The molecule has 0 spiro atoms. The van der Waals surface area contributed by atoms with Gasteiger partial charge < -0.3 is 19.9 Å². The third-order valence-corrected chi connectivity index (χ3v) is 7.58. The smallest absolute Gasteiger partial charge is 0.119 e. The number of aryl methyl sites for hydroxylation is 1. The van der Waals surface area contributed by atoms with Gasteiger partial charge in [-0.05, 0) is 95.5 Å². The maximum atomic E-state index is 5.62. The Morgan fingerprint density at radius 3 is 2.64 bits per heavy atom. The first-order chi connectivity index (χ1) is 13.4. The molecule has 1 aromatic rings. The topological polar surface area (TPSA) is 27.7 Å². The molecule has 3 atom stereocenters. The number of nitrogens with zero attached hydrogens (tertiary/aromatic N) is 2. The normalized spacial score (nSPS) is 30.0. The molecule has 0 saturated carbocycles. The lowest BCUT2D eigenvalue weighted by Crippen LogP contribution is -2.63. The lowest BCUT2D eigenvalue weighted by Gasteiger charge is -2.54. The van der Waals surface area contributed by atoms with Gasteiger partial charge in [-0.25, -0.2) is 0 Å². The Labute approximate surface area is 172 Å². The van der Waals surface area contributed by atoms with Crippen molar-refractivity contribution in [3.8, 4) is 5.75 Å². The van der Waals surface area contributed by atoms with Gasteiger partial charge in [0.1, 0.15) is 5.75 Å². The highest BCUT2D eigenvalue weighted by Crippen LogP contribution is 2.43. The van der Waals surface area contributed by atoms with Crippen LogP contribution in [0.4, 0.5) is 0 Å². The van der Waals surface area contributed by atoms with Crippen molar-refractivity contribution < 1.29 is 4.74 Å². The molecule has 0 radical (unpaired) electrons. The van der Waals surface area contributed by atoms with E-state index < -0.39 is 0 Å². The lowest BCUT2D eigenvalue weighted by atomic mass is 9.66. The number of methoxy groups -OCH3 is 1. The Morgan fingerprint density at radius 2 is 2.00 bits per heavy atom. The van der Waals surface area contributed by atoms with Crippen LogP contribution in [0.3, 0.4) is 0 Å². The second-order valence-electron chi connectivity index (χ2n) is 9.34. The van der Waals surface area contributed by atoms with Crippen molar-refractivity contribution >= 4 is 0 Å². The minimum Gasteiger partial charge on any atom is -0.497 e. The standard InChI is InChI=1S/C24H41N3O/c1-7-20-8-9-21(28-6)16-22(20)24(3)12-15-26(4)18(2)23(24)27(5)17-19-10-13-25-14-11-19/h8-9,16,18-19,23,25H,7,10-15,17H2,1-6H3/t18?,23-,24+/m0/s1. The summed E-state index contributed by atoms with van der Waals surface area (Å²) in [6, 6.07) is 7.76. The predicted molar refractivity (Wildman–Crippen MR) is 118 cm³/mol. The van der Waals surface area contributed by atoms with Crippen LogP contribution in [0.1, 0.15) is 51.2 Å². The summed E-state index contributed by atoms with van der Waals surface area (Å²) in [6.07, 6.45) is 4.87. The Hall–Kier alpha value is -1.10. The molecule has 2 aliphatic heterocycles. The summed E-state index contributed by atoms with van der Waals surface area (Å²) in [6.45, 7) is 11.9. The van der Waals surface area contributed by atoms with Crippen LogP contribution in [0.2, 0.25) is 0 Å². The first-order valence-electron chi connectivity index (χ1n) is 11.2. The highest BCUT2D eigenvalue weighted by molar-refractivity contribution is 5.42. The van der Waals surface area contributed by atoms with Crippen molar-refractivity contribution in [2.24, 2.45) is 5.92 Å². The Morgan fingerprint density at radius 1 is 1.29 bits per heavy atom. The molecular formula is C24H41N3O. The van der Waals surface area contributed by atoms with Crippen molar-refractivity contribution in [2.75, 3.05) is 47.4 Å². The van der Waals surface area contributed by atoms with Gasteiger partial charge in [0.25, 0.3) is 0 Å². The van der Waals surface area contributed by atoms with Crippen LogP contribution in [-0.4, -0.2) is 69.3 Å². The number of hydrogen-bond donors (Lipinski definition) is 1. The number of likely N-dealkylation sites (N-methyl/N-ethyl adjacent to an activating group) is 2. The fourth-order valence-electron chi connectivity index (χ4n) is 5.79. The minimum atomic E-state index is 0.132. The SMILES string of the molecule is CCc1ccc(OC)cc1[C@@]1(C)CCN(C)C(C)[C@@H]1N(C)CC1CCNCC1. The largest absolute Gasteiger partial charge is 0.497 e. The van der Waals surface area contributed by atoms with Gasteiger partial charge in [0, 0.05) is 24.0 Å². The lowest BCUT2D eigenvalue weighted by molar-refractivity contribution is 0.0112. The zero-order chi connectivity index (χ0) is 20.3. The molecule has 1 unspecified atom stereocenters. The van der Waals surface area contributed by atoms with Crippen LogP contribution in [0, 0.1) is 5.92 Å². The first kappa shape index (κ1) is 21.6. The monoisotopic (exact) mass is 387 g/mol. The number of hydrogen-bond acceptors (Lipinski definition) is 4. The van der Waals surface area contributed by atoms with E-state index >= 15 is 0 Å². The van der Waals surface area contributed by atoms with E-state index in [1.165, 1.54) is 50.0 Å². The van der Waals surface area contributed by atoms with Crippen molar-refractivity contribution in [2.45, 2.75) is 64.0 Å². The van der Waals surface area contributed by atoms with Crippen LogP contribution < -0.4 is 10.1 Å². The molecule has 28 heavy (non-hydrogen) atoms. The summed E-state index contributed by atoms with van der Waals surface area (Å²) >= 11 is 0. The highest BCUT2D eigenvalue weighted by Gasteiger charge is 2.47. The van der Waals surface area contributed by atoms with E-state index in [2.05, 4.69) is 68.2 Å². The molecule has 158 valence electrons. The molecule has 0 aliphatic carbocycles. The third kappa shape index (κ3) is 4.24. The summed E-state index contributed by atoms with van der Waals surface area (Å²) < 4.78 is 5.62. The Bertz CT molecular complexity index is 643. The third-order valence-electron chi connectivity index (χ3n) is 7.58. The highest BCUT2D eigenvalue weighted by atomic mass is 16.5. The van der Waals surface area contributed by atoms with E-state index in [9.17, 15) is 0 Å². The van der Waals surface area contributed by atoms with E-state index in [4.69, 9.17) is 4.74 Å². The van der Waals surface area contributed by atoms with Gasteiger partial charge in [-0.15, -0.1) is 0 Å². The van der Waals surface area contributed by atoms with Gasteiger partial charge in [-0.1, -0.05) is 19.9 Å². The van der Waals surface area contributed by atoms with Gasteiger partial charge in [0.2, 0.25) is 0 Å². The molecule has 0 bridgehead atoms. The summed E-state index contributed by atoms with van der Waals surface area (Å²) in [5, 5.41) is 3.51. The second-order valence-corrected chi connectivity index (χ2v) is 9.34. The van der Waals surface area contributed by atoms with Crippen LogP contribution in [0.5, 0.6) is 5.75 Å². The molecule has 0 amide bonds. The second kappa shape index (κ2) is 9.15. The molecule has 0 aromatic heterocycles. The molecule has 2 heterocycles. The first-order valence-corrected chi connectivity index (χ1v) is 11.2. The zero-order valence-corrected chi connectivity index (χ0v) is 18.9. The predicted octanol–water partition coefficient (Wildman–Crippen LogP) is 3.54. The molecule has 4 nitrogen and oxygen atoms in total. The van der Waals surface area contributed by atoms with E-state index in [1.54, 1.807) is 7.11 Å². The van der Waals surface area contributed by atoms with Crippen molar-refractivity contribution in [1.82, 2.24) is 15.1 Å². The number of piperidine rings is 2. The molecule has 4 heteroatoms. The molecule has 1 aromatic carbocycles. The summed E-state index contributed by atoms with van der Waals surface area (Å²) in [5.41, 5.74) is 3.10. The van der Waals surface area contributed by atoms with Crippen LogP contribution >= 0.6 is 0 Å². The maximum Gasteiger partial charge on any atom is 0.119 e. The molecule has 1 N–H and O–H groups in total. The number of likely N-dealkylation sites (tertiary alicyclic amines) is 1. The fourth-order valence-corrected chi connectivity index (χ4v) is 5.79. The number of benzene rings is 1. The average Bonchev–Trinajstić information content (AvgIpc) is 2.71. The van der Waals surface area contributed by atoms with E-state index in [1.807, 2.05) is 0 Å². The maximum absolute atomic E-state index is 5.62. The quantitative estimate of drug-likeness (QED) is 0.808. The number of ether oxygens (including phenoxy) is 1. The summed E-state index contributed by atoms with van der Waals surface area (Å²) in [7, 11) is 6.44. The van der Waals surface area contributed by atoms with Gasteiger partial charge >= 0.3 is 0 Å². The average molecular weight is 388 g/mol. The van der Waals surface area contributed by atoms with Crippen molar-refractivity contribution in [1.29, 1.82) is 0 Å². The molecular weight excluding hydrogens is 346 g/mol. The number of rotatable bonds is 6. The fraction of sp³-hybridized carbons (Fsp3) is 0.750. The minimum absolute atomic E-state index is 0.132. The van der Waals surface area contributed by atoms with Crippen LogP contribution in [-0.2, 0) is 11.8 Å². The molecule has 2 saturated heterocycles.